The number of nitrogens with zero attached hydrogens (tertiary/aromatic N) is 4. The summed E-state index contributed by atoms with van der Waals surface area (Å²) >= 11 is 6.42. The molecule has 1 atom stereocenters. The van der Waals surface area contributed by atoms with Gasteiger partial charge in [0, 0.05) is 49.7 Å². The zero-order chi connectivity index (χ0) is 23.8. The number of amides is 1. The Morgan fingerprint density at radius 1 is 1.33 bits per heavy atom. The highest BCUT2D eigenvalue weighted by molar-refractivity contribution is 6.32. The van der Waals surface area contributed by atoms with Crippen molar-refractivity contribution in [1.82, 2.24) is 19.4 Å². The van der Waals surface area contributed by atoms with Gasteiger partial charge in [0.2, 0.25) is 5.95 Å². The second-order valence-corrected chi connectivity index (χ2v) is 9.85. The monoisotopic (exact) mass is 475 g/mol. The van der Waals surface area contributed by atoms with Crippen molar-refractivity contribution in [1.29, 1.82) is 0 Å². The normalized spacial score (nSPS) is 18.1. The number of hydrogen-bond acceptors (Lipinski definition) is 7. The molecule has 9 nitrogen and oxygen atoms in total. The summed E-state index contributed by atoms with van der Waals surface area (Å²) in [5.74, 6) is 0.0753. The predicted molar refractivity (Wildman–Crippen MR) is 124 cm³/mol. The lowest BCUT2D eigenvalue weighted by Gasteiger charge is -2.33. The SMILES string of the molecule is CC(C(=O)OC(C)(C)C)N1CCc2cc(-c3nc(NC4CCOCC4)ncc3Cl)cn2C1=O. The molecule has 10 heteroatoms. The van der Waals surface area contributed by atoms with Crippen LogP contribution in [-0.4, -0.2) is 68.9 Å². The zero-order valence-corrected chi connectivity index (χ0v) is 20.2. The van der Waals surface area contributed by atoms with Gasteiger partial charge in [0.15, 0.2) is 0 Å². The van der Waals surface area contributed by atoms with E-state index in [0.29, 0.717) is 42.8 Å². The van der Waals surface area contributed by atoms with Gasteiger partial charge in [-0.2, -0.15) is 0 Å². The molecule has 0 spiro atoms. The van der Waals surface area contributed by atoms with Crippen molar-refractivity contribution < 1.29 is 19.1 Å². The first-order valence-corrected chi connectivity index (χ1v) is 11.6. The number of anilines is 1. The van der Waals surface area contributed by atoms with Gasteiger partial charge in [-0.1, -0.05) is 11.6 Å². The van der Waals surface area contributed by atoms with Gasteiger partial charge in [-0.3, -0.25) is 4.57 Å². The lowest BCUT2D eigenvalue weighted by atomic mass is 10.1. The van der Waals surface area contributed by atoms with Crippen LogP contribution in [0.4, 0.5) is 10.7 Å². The lowest BCUT2D eigenvalue weighted by Crippen LogP contribution is -2.50. The van der Waals surface area contributed by atoms with E-state index in [1.54, 1.807) is 23.9 Å². The number of fused-ring (bicyclic) bond motifs is 1. The van der Waals surface area contributed by atoms with Crippen molar-refractivity contribution in [3.05, 3.63) is 29.2 Å². The minimum atomic E-state index is -0.686. The van der Waals surface area contributed by atoms with Crippen LogP contribution in [0.1, 0.15) is 46.2 Å². The fraction of sp³-hybridized carbons (Fsp3) is 0.565. The van der Waals surface area contributed by atoms with Gasteiger partial charge in [0.05, 0.1) is 16.9 Å². The van der Waals surface area contributed by atoms with E-state index in [2.05, 4.69) is 15.3 Å². The second kappa shape index (κ2) is 9.30. The second-order valence-electron chi connectivity index (χ2n) is 9.45. The van der Waals surface area contributed by atoms with E-state index in [1.165, 1.54) is 4.90 Å². The van der Waals surface area contributed by atoms with Crippen molar-refractivity contribution in [2.45, 2.75) is 64.6 Å². The van der Waals surface area contributed by atoms with Gasteiger partial charge < -0.3 is 19.7 Å². The number of carbonyl (C=O) groups is 2. The van der Waals surface area contributed by atoms with Gasteiger partial charge in [-0.15, -0.1) is 0 Å². The number of hydrogen-bond donors (Lipinski definition) is 1. The van der Waals surface area contributed by atoms with Gasteiger partial charge in [0.25, 0.3) is 0 Å². The largest absolute Gasteiger partial charge is 0.458 e. The molecule has 0 saturated carbocycles. The third-order valence-electron chi connectivity index (χ3n) is 5.75. The lowest BCUT2D eigenvalue weighted by molar-refractivity contribution is -0.159. The molecule has 4 heterocycles. The van der Waals surface area contributed by atoms with Crippen molar-refractivity contribution in [3.8, 4) is 11.3 Å². The maximum atomic E-state index is 13.2. The van der Waals surface area contributed by atoms with E-state index in [1.807, 2.05) is 26.8 Å². The summed E-state index contributed by atoms with van der Waals surface area (Å²) in [6.45, 7) is 8.97. The Kier molecular flexibility index (Phi) is 6.63. The van der Waals surface area contributed by atoms with Crippen molar-refractivity contribution >= 4 is 29.5 Å². The van der Waals surface area contributed by atoms with Gasteiger partial charge in [-0.25, -0.2) is 19.6 Å². The third kappa shape index (κ3) is 5.30. The van der Waals surface area contributed by atoms with Crippen LogP contribution in [0.25, 0.3) is 11.3 Å². The van der Waals surface area contributed by atoms with Crippen molar-refractivity contribution in [2.24, 2.45) is 0 Å². The van der Waals surface area contributed by atoms with Crippen LogP contribution >= 0.6 is 11.6 Å². The van der Waals surface area contributed by atoms with E-state index in [-0.39, 0.29) is 12.1 Å². The Hall–Kier alpha value is -2.65. The molecule has 0 aromatic carbocycles. The Bertz CT molecular complexity index is 1040. The first-order chi connectivity index (χ1) is 15.6. The predicted octanol–water partition coefficient (Wildman–Crippen LogP) is 3.75. The van der Waals surface area contributed by atoms with E-state index in [4.69, 9.17) is 21.1 Å². The van der Waals surface area contributed by atoms with Gasteiger partial charge in [0.1, 0.15) is 11.6 Å². The molecule has 2 aromatic rings. The molecular formula is C23H30ClN5O4. The van der Waals surface area contributed by atoms with Crippen LogP contribution in [0, 0.1) is 0 Å². The number of esters is 1. The van der Waals surface area contributed by atoms with Gasteiger partial charge in [-0.05, 0) is 46.6 Å². The summed E-state index contributed by atoms with van der Waals surface area (Å²) in [6.07, 6.45) is 5.68. The standard InChI is InChI=1S/C23H30ClN5O4/c1-14(20(30)33-23(2,3)4)28-8-5-17-11-15(13-29(17)22(28)31)19-18(24)12-25-21(27-19)26-16-6-9-32-10-7-16/h11-14,16H,5-10H2,1-4H3,(H,25,26,27). The van der Waals surface area contributed by atoms with Crippen molar-refractivity contribution in [2.75, 3.05) is 25.1 Å². The molecule has 1 N–H and O–H groups in total. The van der Waals surface area contributed by atoms with Crippen LogP contribution in [0.15, 0.2) is 18.5 Å². The summed E-state index contributed by atoms with van der Waals surface area (Å²) in [7, 11) is 0. The molecule has 178 valence electrons. The van der Waals surface area contributed by atoms with Crippen molar-refractivity contribution in [3.63, 3.8) is 0 Å². The Morgan fingerprint density at radius 2 is 2.06 bits per heavy atom. The summed E-state index contributed by atoms with van der Waals surface area (Å²) in [5.41, 5.74) is 1.52. The molecule has 2 aromatic heterocycles. The molecule has 4 rings (SSSR count). The third-order valence-corrected chi connectivity index (χ3v) is 6.02. The Balaban J connectivity index is 1.54. The minimum absolute atomic E-state index is 0.250. The van der Waals surface area contributed by atoms with Crippen LogP contribution in [0.2, 0.25) is 5.02 Å². The maximum absolute atomic E-state index is 13.2. The first-order valence-electron chi connectivity index (χ1n) is 11.2. The average Bonchev–Trinajstić information content (AvgIpc) is 3.19. The smallest absolute Gasteiger partial charge is 0.329 e. The molecule has 1 unspecified atom stereocenters. The number of ether oxygens (including phenoxy) is 2. The van der Waals surface area contributed by atoms with Crippen LogP contribution in [0.5, 0.6) is 0 Å². The molecule has 0 bridgehead atoms. The Morgan fingerprint density at radius 3 is 2.76 bits per heavy atom. The minimum Gasteiger partial charge on any atom is -0.458 e. The van der Waals surface area contributed by atoms with E-state index in [0.717, 1.165) is 24.1 Å². The summed E-state index contributed by atoms with van der Waals surface area (Å²) in [5, 5.41) is 3.75. The number of aromatic nitrogens is 3. The average molecular weight is 476 g/mol. The fourth-order valence-electron chi connectivity index (χ4n) is 4.01. The van der Waals surface area contributed by atoms with Gasteiger partial charge >= 0.3 is 12.0 Å². The molecule has 1 saturated heterocycles. The van der Waals surface area contributed by atoms with Crippen LogP contribution in [0.3, 0.4) is 0 Å². The molecule has 0 radical (unpaired) electrons. The highest BCUT2D eigenvalue weighted by Crippen LogP contribution is 2.30. The van der Waals surface area contributed by atoms with Crippen LogP contribution < -0.4 is 5.32 Å². The highest BCUT2D eigenvalue weighted by atomic mass is 35.5. The molecule has 0 aliphatic carbocycles. The zero-order valence-electron chi connectivity index (χ0n) is 19.4. The molecule has 1 amide bonds. The number of carbonyl (C=O) groups excluding carboxylic acids is 2. The summed E-state index contributed by atoms with van der Waals surface area (Å²) in [4.78, 5) is 36.2. The molecule has 2 aliphatic heterocycles. The van der Waals surface area contributed by atoms with E-state index < -0.39 is 17.6 Å². The quantitative estimate of drug-likeness (QED) is 0.657. The maximum Gasteiger partial charge on any atom is 0.329 e. The first kappa shape index (κ1) is 23.5. The topological polar surface area (TPSA) is 98.6 Å². The Labute approximate surface area is 198 Å². The molecule has 1 fully saturated rings. The molecule has 2 aliphatic rings. The molecular weight excluding hydrogens is 446 g/mol. The number of halogens is 1. The summed E-state index contributed by atoms with van der Waals surface area (Å²) in [6, 6.07) is 1.21. The fourth-order valence-corrected chi connectivity index (χ4v) is 4.21. The van der Waals surface area contributed by atoms with Crippen LogP contribution in [-0.2, 0) is 20.7 Å². The number of rotatable bonds is 5. The van der Waals surface area contributed by atoms with E-state index in [9.17, 15) is 9.59 Å². The van der Waals surface area contributed by atoms with E-state index >= 15 is 0 Å². The number of nitrogens with one attached hydrogen (secondary N) is 1. The highest BCUT2D eigenvalue weighted by Gasteiger charge is 2.34. The summed E-state index contributed by atoms with van der Waals surface area (Å²) < 4.78 is 12.4. The molecule has 33 heavy (non-hydrogen) atoms.